The number of aliphatic carboxylic acids is 1. The van der Waals surface area contributed by atoms with Crippen LogP contribution in [0.3, 0.4) is 0 Å². The molecule has 3 atom stereocenters. The molecule has 8 nitrogen and oxygen atoms in total. The summed E-state index contributed by atoms with van der Waals surface area (Å²) in [6.45, 7) is 2.99. The van der Waals surface area contributed by atoms with Crippen LogP contribution in [-0.4, -0.2) is 40.8 Å². The van der Waals surface area contributed by atoms with Crippen molar-refractivity contribution in [3.63, 3.8) is 0 Å². The molecular weight excluding hydrogens is 360 g/mol. The van der Waals surface area contributed by atoms with Gasteiger partial charge in [0, 0.05) is 17.7 Å². The molecule has 142 valence electrons. The molecule has 9 heteroatoms. The fourth-order valence-electron chi connectivity index (χ4n) is 4.35. The van der Waals surface area contributed by atoms with E-state index in [1.54, 1.807) is 6.92 Å². The largest absolute Gasteiger partial charge is 0.480 e. The third kappa shape index (κ3) is 2.99. The molecule has 1 N–H and O–H groups in total. The van der Waals surface area contributed by atoms with E-state index in [1.165, 1.54) is 19.1 Å². The molecule has 1 aliphatic carbocycles. The fraction of sp³-hybridized carbons (Fsp3) is 0.588. The smallest absolute Gasteiger partial charge is 0.322 e. The highest BCUT2D eigenvalue weighted by atomic mass is 32.2. The average molecular weight is 382 g/mol. The lowest BCUT2D eigenvalue weighted by atomic mass is 9.85. The van der Waals surface area contributed by atoms with Gasteiger partial charge in [-0.3, -0.25) is 14.9 Å². The van der Waals surface area contributed by atoms with Crippen molar-refractivity contribution in [2.24, 2.45) is 5.92 Å². The monoisotopic (exact) mass is 382 g/mol. The van der Waals surface area contributed by atoms with Crippen molar-refractivity contribution in [1.82, 2.24) is 4.31 Å². The van der Waals surface area contributed by atoms with E-state index >= 15 is 0 Å². The van der Waals surface area contributed by atoms with E-state index in [0.29, 0.717) is 18.4 Å². The third-order valence-electron chi connectivity index (χ3n) is 5.54. The molecule has 2 fully saturated rings. The van der Waals surface area contributed by atoms with E-state index in [-0.39, 0.29) is 28.1 Å². The van der Waals surface area contributed by atoms with Gasteiger partial charge < -0.3 is 5.11 Å². The molecule has 1 aromatic carbocycles. The SMILES string of the molecule is Cc1cc([N+](=O)[O-])c(C)c(S(=O)(=O)N2C(C(=O)O)CC3CCCCC32)c1. The van der Waals surface area contributed by atoms with Gasteiger partial charge in [0.15, 0.2) is 0 Å². The zero-order chi connectivity index (χ0) is 19.2. The summed E-state index contributed by atoms with van der Waals surface area (Å²) in [7, 11) is -4.16. The van der Waals surface area contributed by atoms with Crippen LogP contribution in [0.2, 0.25) is 0 Å². The van der Waals surface area contributed by atoms with Crippen molar-refractivity contribution in [3.8, 4) is 0 Å². The van der Waals surface area contributed by atoms with E-state index in [2.05, 4.69) is 0 Å². The topological polar surface area (TPSA) is 118 Å². The highest BCUT2D eigenvalue weighted by Gasteiger charge is 2.51. The number of carboxylic acid groups (broad SMARTS) is 1. The number of aryl methyl sites for hydroxylation is 1. The minimum Gasteiger partial charge on any atom is -0.480 e. The van der Waals surface area contributed by atoms with Crippen LogP contribution in [0.15, 0.2) is 17.0 Å². The first kappa shape index (κ1) is 18.8. The zero-order valence-corrected chi connectivity index (χ0v) is 15.5. The van der Waals surface area contributed by atoms with Crippen LogP contribution in [0.4, 0.5) is 5.69 Å². The molecule has 1 saturated carbocycles. The number of rotatable bonds is 4. The van der Waals surface area contributed by atoms with Gasteiger partial charge in [-0.2, -0.15) is 4.31 Å². The molecule has 1 heterocycles. The van der Waals surface area contributed by atoms with Crippen LogP contribution in [0.1, 0.15) is 43.2 Å². The summed E-state index contributed by atoms with van der Waals surface area (Å²) in [5, 5.41) is 20.9. The van der Waals surface area contributed by atoms with Crippen molar-refractivity contribution in [2.45, 2.75) is 62.9 Å². The van der Waals surface area contributed by atoms with E-state index in [1.807, 2.05) is 0 Å². The van der Waals surface area contributed by atoms with Crippen molar-refractivity contribution >= 4 is 21.7 Å². The van der Waals surface area contributed by atoms with Crippen molar-refractivity contribution in [1.29, 1.82) is 0 Å². The molecule has 2 aliphatic rings. The number of fused-ring (bicyclic) bond motifs is 1. The van der Waals surface area contributed by atoms with Crippen LogP contribution in [0, 0.1) is 29.9 Å². The minimum absolute atomic E-state index is 0.0275. The number of sulfonamides is 1. The molecule has 1 aromatic rings. The van der Waals surface area contributed by atoms with Gasteiger partial charge in [-0.05, 0) is 50.7 Å². The molecule has 1 saturated heterocycles. The lowest BCUT2D eigenvalue weighted by Crippen LogP contribution is -2.46. The first-order valence-corrected chi connectivity index (χ1v) is 10.1. The molecule has 3 unspecified atom stereocenters. The number of carbonyl (C=O) groups is 1. The van der Waals surface area contributed by atoms with E-state index in [0.717, 1.165) is 23.6 Å². The number of nitro groups is 1. The summed E-state index contributed by atoms with van der Waals surface area (Å²) >= 11 is 0. The summed E-state index contributed by atoms with van der Waals surface area (Å²) < 4.78 is 27.9. The number of carboxylic acids is 1. The van der Waals surface area contributed by atoms with Gasteiger partial charge in [-0.15, -0.1) is 0 Å². The second-order valence-electron chi connectivity index (χ2n) is 7.20. The number of hydrogen-bond donors (Lipinski definition) is 1. The van der Waals surface area contributed by atoms with Gasteiger partial charge in [-0.25, -0.2) is 8.42 Å². The number of hydrogen-bond acceptors (Lipinski definition) is 5. The molecule has 3 rings (SSSR count). The Balaban J connectivity index is 2.15. The van der Waals surface area contributed by atoms with Crippen molar-refractivity contribution < 1.29 is 23.2 Å². The molecule has 0 spiro atoms. The summed E-state index contributed by atoms with van der Waals surface area (Å²) in [6, 6.07) is 1.25. The predicted octanol–water partition coefficient (Wildman–Crippen LogP) is 2.62. The minimum atomic E-state index is -4.16. The maximum absolute atomic E-state index is 13.4. The molecule has 1 aliphatic heterocycles. The number of nitro benzene ring substituents is 1. The lowest BCUT2D eigenvalue weighted by molar-refractivity contribution is -0.385. The maximum Gasteiger partial charge on any atom is 0.322 e. The van der Waals surface area contributed by atoms with E-state index in [4.69, 9.17) is 0 Å². The third-order valence-corrected chi connectivity index (χ3v) is 7.60. The highest BCUT2D eigenvalue weighted by Crippen LogP contribution is 2.43. The van der Waals surface area contributed by atoms with Crippen LogP contribution in [0.25, 0.3) is 0 Å². The number of nitrogens with zero attached hydrogens (tertiary/aromatic N) is 2. The Morgan fingerprint density at radius 2 is 1.92 bits per heavy atom. The Bertz CT molecular complexity index is 866. The maximum atomic E-state index is 13.4. The quantitative estimate of drug-likeness (QED) is 0.632. The molecule has 0 amide bonds. The summed E-state index contributed by atoms with van der Waals surface area (Å²) in [5.74, 6) is -1.14. The Kier molecular flexibility index (Phi) is 4.78. The Labute approximate surface area is 152 Å². The molecular formula is C17H22N2O6S. The van der Waals surface area contributed by atoms with Crippen LogP contribution >= 0.6 is 0 Å². The van der Waals surface area contributed by atoms with Gasteiger partial charge in [0.25, 0.3) is 5.69 Å². The van der Waals surface area contributed by atoms with Crippen LogP contribution < -0.4 is 0 Å². The van der Waals surface area contributed by atoms with Gasteiger partial charge in [-0.1, -0.05) is 12.8 Å². The van der Waals surface area contributed by atoms with Crippen molar-refractivity contribution in [2.75, 3.05) is 0 Å². The molecule has 0 radical (unpaired) electrons. The summed E-state index contributed by atoms with van der Waals surface area (Å²) in [4.78, 5) is 22.3. The van der Waals surface area contributed by atoms with E-state index in [9.17, 15) is 28.4 Å². The normalized spacial score (nSPS) is 26.5. The summed E-state index contributed by atoms with van der Waals surface area (Å²) in [6.07, 6.45) is 3.56. The predicted molar refractivity (Wildman–Crippen MR) is 93.4 cm³/mol. The molecule has 0 aromatic heterocycles. The van der Waals surface area contributed by atoms with Gasteiger partial charge in [0.1, 0.15) is 6.04 Å². The first-order chi connectivity index (χ1) is 12.1. The van der Waals surface area contributed by atoms with Crippen molar-refractivity contribution in [3.05, 3.63) is 33.4 Å². The standard InChI is InChI=1S/C17H22N2O6S/c1-10-7-14(19(22)23)11(2)16(8-10)26(24,25)18-13-6-4-3-5-12(13)9-15(18)17(20)21/h7-8,12-13,15H,3-6,9H2,1-2H3,(H,20,21). The Morgan fingerprint density at radius 1 is 1.27 bits per heavy atom. The van der Waals surface area contributed by atoms with E-state index < -0.39 is 27.0 Å². The van der Waals surface area contributed by atoms with Crippen LogP contribution in [-0.2, 0) is 14.8 Å². The zero-order valence-electron chi connectivity index (χ0n) is 14.7. The second kappa shape index (κ2) is 6.62. The molecule has 0 bridgehead atoms. The van der Waals surface area contributed by atoms with Gasteiger partial charge in [0.05, 0.1) is 9.82 Å². The molecule has 26 heavy (non-hydrogen) atoms. The lowest BCUT2D eigenvalue weighted by Gasteiger charge is -2.32. The second-order valence-corrected chi connectivity index (χ2v) is 9.01. The first-order valence-electron chi connectivity index (χ1n) is 8.66. The Hall–Kier alpha value is -2.00. The highest BCUT2D eigenvalue weighted by molar-refractivity contribution is 7.89. The van der Waals surface area contributed by atoms with Crippen LogP contribution in [0.5, 0.6) is 0 Å². The number of benzene rings is 1. The van der Waals surface area contributed by atoms with Gasteiger partial charge in [0.2, 0.25) is 10.0 Å². The Morgan fingerprint density at radius 3 is 2.54 bits per heavy atom. The summed E-state index contributed by atoms with van der Waals surface area (Å²) in [5.41, 5.74) is 0.228. The van der Waals surface area contributed by atoms with Gasteiger partial charge >= 0.3 is 5.97 Å². The fourth-order valence-corrected chi connectivity index (χ4v) is 6.55. The average Bonchev–Trinajstić information content (AvgIpc) is 2.96.